The minimum Gasteiger partial charge on any atom is -0.211 e. The molecule has 92 valence electrons. The molecule has 18 heavy (non-hydrogen) atoms. The number of nitrogens with zero attached hydrogens (tertiary/aromatic N) is 2. The molecule has 0 amide bonds. The normalized spacial score (nSPS) is 13.1. The van der Waals surface area contributed by atoms with E-state index in [1.54, 1.807) is 12.2 Å². The van der Waals surface area contributed by atoms with Crippen LogP contribution in [0.4, 0.5) is 0 Å². The summed E-state index contributed by atoms with van der Waals surface area (Å²) in [5.74, 6) is 0. The van der Waals surface area contributed by atoms with Gasteiger partial charge in [-0.2, -0.15) is 0 Å². The Morgan fingerprint density at radius 3 is 2.50 bits per heavy atom. The van der Waals surface area contributed by atoms with E-state index in [0.717, 1.165) is 30.4 Å². The van der Waals surface area contributed by atoms with E-state index in [9.17, 15) is 9.59 Å². The first-order valence-corrected chi connectivity index (χ1v) is 6.06. The second kappa shape index (κ2) is 6.06. The largest absolute Gasteiger partial charge is 0.235 e. The average Bonchev–Trinajstić information content (AvgIpc) is 2.43. The molecule has 0 saturated carbocycles. The van der Waals surface area contributed by atoms with E-state index in [4.69, 9.17) is 0 Å². The molecule has 1 aliphatic rings. The zero-order chi connectivity index (χ0) is 12.8. The Hall–Kier alpha value is -2.02. The maximum absolute atomic E-state index is 10.3. The highest BCUT2D eigenvalue weighted by Gasteiger charge is 2.15. The number of carbonyl (C=O) groups excluding carboxylic acids is 2. The smallest absolute Gasteiger partial charge is 0.211 e. The zero-order valence-corrected chi connectivity index (χ0v) is 10.1. The quantitative estimate of drug-likeness (QED) is 0.600. The molecule has 4 nitrogen and oxygen atoms in total. The Bertz CT molecular complexity index is 539. The number of hydrogen-bond acceptors (Lipinski definition) is 4. The molecule has 2 rings (SSSR count). The minimum absolute atomic E-state index is 0.306. The molecule has 1 aliphatic carbocycles. The lowest BCUT2D eigenvalue weighted by molar-refractivity contribution is 0.561. The third kappa shape index (κ3) is 2.62. The van der Waals surface area contributed by atoms with Gasteiger partial charge in [0.1, 0.15) is 0 Å². The van der Waals surface area contributed by atoms with Crippen LogP contribution in [0.1, 0.15) is 35.1 Å². The highest BCUT2D eigenvalue weighted by atomic mass is 16.1. The maximum Gasteiger partial charge on any atom is 0.235 e. The summed E-state index contributed by atoms with van der Waals surface area (Å²) in [6.07, 6.45) is 7.57. The molecule has 0 fully saturated rings. The Morgan fingerprint density at radius 1 is 1.00 bits per heavy atom. The SMILES string of the molecule is O=C=NCc1ccc2c(c1CN=C=O)CCCC2. The summed E-state index contributed by atoms with van der Waals surface area (Å²) >= 11 is 0. The predicted molar refractivity (Wildman–Crippen MR) is 66.7 cm³/mol. The topological polar surface area (TPSA) is 58.9 Å². The average molecular weight is 242 g/mol. The first-order valence-electron chi connectivity index (χ1n) is 6.06. The molecule has 0 N–H and O–H groups in total. The lowest BCUT2D eigenvalue weighted by Crippen LogP contribution is -2.08. The van der Waals surface area contributed by atoms with Crippen LogP contribution < -0.4 is 0 Å². The lowest BCUT2D eigenvalue weighted by Gasteiger charge is -2.20. The number of benzene rings is 1. The van der Waals surface area contributed by atoms with Crippen LogP contribution in [-0.2, 0) is 35.5 Å². The number of aliphatic imine (C=N–C) groups is 2. The van der Waals surface area contributed by atoms with E-state index in [1.807, 2.05) is 6.07 Å². The van der Waals surface area contributed by atoms with E-state index >= 15 is 0 Å². The fraction of sp³-hybridized carbons (Fsp3) is 0.429. The molecule has 0 bridgehead atoms. The number of rotatable bonds is 4. The van der Waals surface area contributed by atoms with Gasteiger partial charge in [0.25, 0.3) is 0 Å². The van der Waals surface area contributed by atoms with Crippen LogP contribution in [0.15, 0.2) is 22.1 Å². The Kier molecular flexibility index (Phi) is 4.19. The standard InChI is InChI=1S/C14H14N2O2/c17-9-15-7-12-6-5-11-3-1-2-4-13(11)14(12)8-16-10-18/h5-6H,1-4,7-8H2. The first-order chi connectivity index (χ1) is 8.86. The van der Waals surface area contributed by atoms with Crippen molar-refractivity contribution in [3.63, 3.8) is 0 Å². The van der Waals surface area contributed by atoms with Gasteiger partial charge in [0.2, 0.25) is 12.2 Å². The van der Waals surface area contributed by atoms with Gasteiger partial charge in [0, 0.05) is 0 Å². The van der Waals surface area contributed by atoms with Gasteiger partial charge in [-0.15, -0.1) is 0 Å². The zero-order valence-electron chi connectivity index (χ0n) is 10.1. The Balaban J connectivity index is 2.45. The molecular formula is C14H14N2O2. The number of isocyanates is 2. The van der Waals surface area contributed by atoms with Crippen molar-refractivity contribution in [1.29, 1.82) is 0 Å². The molecule has 0 spiro atoms. The predicted octanol–water partition coefficient (Wildman–Crippen LogP) is 2.24. The van der Waals surface area contributed by atoms with E-state index in [-0.39, 0.29) is 0 Å². The minimum atomic E-state index is 0.306. The van der Waals surface area contributed by atoms with E-state index in [2.05, 4.69) is 16.1 Å². The summed E-state index contributed by atoms with van der Waals surface area (Å²) in [4.78, 5) is 27.8. The monoisotopic (exact) mass is 242 g/mol. The van der Waals surface area contributed by atoms with E-state index in [1.165, 1.54) is 17.5 Å². The van der Waals surface area contributed by atoms with E-state index in [0.29, 0.717) is 13.1 Å². The maximum atomic E-state index is 10.3. The van der Waals surface area contributed by atoms with Gasteiger partial charge in [0.05, 0.1) is 13.1 Å². The number of fused-ring (bicyclic) bond motifs is 1. The van der Waals surface area contributed by atoms with Crippen molar-refractivity contribution >= 4 is 12.2 Å². The molecule has 0 heterocycles. The van der Waals surface area contributed by atoms with Gasteiger partial charge in [0.15, 0.2) is 0 Å². The van der Waals surface area contributed by atoms with Gasteiger partial charge in [-0.05, 0) is 47.9 Å². The number of hydrogen-bond donors (Lipinski definition) is 0. The third-order valence-electron chi connectivity index (χ3n) is 3.36. The van der Waals surface area contributed by atoms with Gasteiger partial charge < -0.3 is 0 Å². The molecule has 0 saturated heterocycles. The molecule has 0 aliphatic heterocycles. The van der Waals surface area contributed by atoms with Crippen LogP contribution in [0.25, 0.3) is 0 Å². The van der Waals surface area contributed by atoms with Crippen LogP contribution in [0.3, 0.4) is 0 Å². The number of aryl methyl sites for hydroxylation is 1. The highest BCUT2D eigenvalue weighted by Crippen LogP contribution is 2.28. The summed E-state index contributed by atoms with van der Waals surface area (Å²) in [6.45, 7) is 0.636. The van der Waals surface area contributed by atoms with Crippen molar-refractivity contribution in [2.75, 3.05) is 0 Å². The molecule has 4 heteroatoms. The van der Waals surface area contributed by atoms with Gasteiger partial charge in [-0.1, -0.05) is 12.1 Å². The van der Waals surface area contributed by atoms with Gasteiger partial charge >= 0.3 is 0 Å². The van der Waals surface area contributed by atoms with Crippen molar-refractivity contribution < 1.29 is 9.59 Å². The van der Waals surface area contributed by atoms with Crippen LogP contribution in [-0.4, -0.2) is 12.2 Å². The van der Waals surface area contributed by atoms with Gasteiger partial charge in [-0.25, -0.2) is 19.6 Å². The fourth-order valence-corrected chi connectivity index (χ4v) is 2.53. The molecule has 0 unspecified atom stereocenters. The van der Waals surface area contributed by atoms with Gasteiger partial charge in [-0.3, -0.25) is 0 Å². The van der Waals surface area contributed by atoms with Crippen LogP contribution in [0, 0.1) is 0 Å². The van der Waals surface area contributed by atoms with Crippen molar-refractivity contribution in [3.8, 4) is 0 Å². The highest BCUT2D eigenvalue weighted by molar-refractivity contribution is 5.45. The molecule has 1 aromatic rings. The van der Waals surface area contributed by atoms with Crippen molar-refractivity contribution in [2.45, 2.75) is 38.8 Å². The fourth-order valence-electron chi connectivity index (χ4n) is 2.53. The second-order valence-electron chi connectivity index (χ2n) is 4.36. The van der Waals surface area contributed by atoms with Crippen molar-refractivity contribution in [2.24, 2.45) is 9.98 Å². The van der Waals surface area contributed by atoms with E-state index < -0.39 is 0 Å². The summed E-state index contributed by atoms with van der Waals surface area (Å²) in [7, 11) is 0. The Labute approximate surface area is 105 Å². The summed E-state index contributed by atoms with van der Waals surface area (Å²) in [6, 6.07) is 4.07. The van der Waals surface area contributed by atoms with Crippen LogP contribution in [0.5, 0.6) is 0 Å². The summed E-state index contributed by atoms with van der Waals surface area (Å²) in [5.41, 5.74) is 4.60. The molecule has 0 aromatic heterocycles. The van der Waals surface area contributed by atoms with Crippen molar-refractivity contribution in [3.05, 3.63) is 34.4 Å². The summed E-state index contributed by atoms with van der Waals surface area (Å²) in [5, 5.41) is 0. The lowest BCUT2D eigenvalue weighted by atomic mass is 9.86. The molecular weight excluding hydrogens is 228 g/mol. The first kappa shape index (κ1) is 12.4. The second-order valence-corrected chi connectivity index (χ2v) is 4.36. The molecule has 0 atom stereocenters. The van der Waals surface area contributed by atoms with Crippen LogP contribution in [0.2, 0.25) is 0 Å². The van der Waals surface area contributed by atoms with Crippen LogP contribution >= 0.6 is 0 Å². The molecule has 0 radical (unpaired) electrons. The summed E-state index contributed by atoms with van der Waals surface area (Å²) < 4.78 is 0. The molecule has 1 aromatic carbocycles. The Morgan fingerprint density at radius 2 is 1.72 bits per heavy atom. The van der Waals surface area contributed by atoms with Crippen molar-refractivity contribution in [1.82, 2.24) is 0 Å². The third-order valence-corrected chi connectivity index (χ3v) is 3.36.